The van der Waals surface area contributed by atoms with Crippen molar-refractivity contribution in [1.29, 1.82) is 0 Å². The Balaban J connectivity index is 1.64. The largest absolute Gasteiger partial charge is 0.281 e. The highest BCUT2D eigenvalue weighted by Crippen LogP contribution is 2.29. The Morgan fingerprint density at radius 3 is 2.43 bits per heavy atom. The van der Waals surface area contributed by atoms with E-state index in [2.05, 4.69) is 18.0 Å². The first kappa shape index (κ1) is 14.9. The summed E-state index contributed by atoms with van der Waals surface area (Å²) < 4.78 is 27.9. The molecule has 21 heavy (non-hydrogen) atoms. The van der Waals surface area contributed by atoms with Crippen molar-refractivity contribution in [1.82, 2.24) is 13.6 Å². The molecule has 6 heteroatoms. The molecule has 2 aliphatic heterocycles. The molecule has 2 aliphatic rings. The first-order valence-corrected chi connectivity index (χ1v) is 9.21. The van der Waals surface area contributed by atoms with Gasteiger partial charge in [-0.2, -0.15) is 17.0 Å². The zero-order valence-corrected chi connectivity index (χ0v) is 13.3. The van der Waals surface area contributed by atoms with Crippen molar-refractivity contribution in [3.8, 4) is 0 Å². The topological polar surface area (TPSA) is 53.5 Å². The van der Waals surface area contributed by atoms with Crippen molar-refractivity contribution in [2.24, 2.45) is 0 Å². The van der Waals surface area contributed by atoms with E-state index in [-0.39, 0.29) is 0 Å². The third-order valence-corrected chi connectivity index (χ3v) is 6.63. The van der Waals surface area contributed by atoms with E-state index in [1.165, 1.54) is 5.56 Å². The van der Waals surface area contributed by atoms with E-state index < -0.39 is 10.2 Å². The number of aryl methyl sites for hydroxylation is 1. The predicted octanol–water partition coefficient (Wildman–Crippen LogP) is 1.77. The molecule has 0 unspecified atom stereocenters. The van der Waals surface area contributed by atoms with Gasteiger partial charge in [0.1, 0.15) is 0 Å². The molecule has 0 amide bonds. The Hall–Kier alpha value is -0.980. The lowest BCUT2D eigenvalue weighted by Crippen LogP contribution is -2.51. The zero-order chi connectivity index (χ0) is 14.9. The Kier molecular flexibility index (Phi) is 4.28. The summed E-state index contributed by atoms with van der Waals surface area (Å²) in [6.45, 7) is 4.73. The van der Waals surface area contributed by atoms with Crippen LogP contribution in [0.1, 0.15) is 43.4 Å². The number of piperidine rings is 1. The number of aromatic nitrogens is 1. The molecule has 3 rings (SSSR count). The third kappa shape index (κ3) is 2.98. The van der Waals surface area contributed by atoms with Crippen molar-refractivity contribution < 1.29 is 8.42 Å². The fraction of sp³-hybridized carbons (Fsp3) is 0.667. The molecule has 2 fully saturated rings. The average molecular weight is 309 g/mol. The van der Waals surface area contributed by atoms with Gasteiger partial charge in [0.25, 0.3) is 10.2 Å². The maximum Gasteiger partial charge on any atom is 0.281 e. The summed E-state index contributed by atoms with van der Waals surface area (Å²) in [6, 6.07) is 4.22. The molecule has 0 N–H and O–H groups in total. The van der Waals surface area contributed by atoms with Crippen LogP contribution in [-0.4, -0.2) is 48.2 Å². The fourth-order valence-corrected chi connectivity index (χ4v) is 4.72. The van der Waals surface area contributed by atoms with Gasteiger partial charge in [-0.3, -0.25) is 4.98 Å². The Morgan fingerprint density at radius 2 is 1.86 bits per heavy atom. The molecule has 0 radical (unpaired) electrons. The molecule has 0 aliphatic carbocycles. The van der Waals surface area contributed by atoms with Crippen LogP contribution in [0, 0.1) is 0 Å². The summed E-state index contributed by atoms with van der Waals surface area (Å²) in [7, 11) is -3.20. The molecule has 3 heterocycles. The first-order chi connectivity index (χ1) is 10.1. The van der Waals surface area contributed by atoms with Crippen molar-refractivity contribution in [2.75, 3.05) is 26.2 Å². The zero-order valence-electron chi connectivity index (χ0n) is 12.5. The van der Waals surface area contributed by atoms with Crippen molar-refractivity contribution in [3.05, 3.63) is 29.6 Å². The summed E-state index contributed by atoms with van der Waals surface area (Å²) in [5.41, 5.74) is 2.42. The number of hydrogen-bond acceptors (Lipinski definition) is 3. The fourth-order valence-electron chi connectivity index (χ4n) is 3.00. The third-order valence-electron chi connectivity index (χ3n) is 4.59. The second-order valence-corrected chi connectivity index (χ2v) is 7.80. The van der Waals surface area contributed by atoms with Gasteiger partial charge in [-0.15, -0.1) is 0 Å². The van der Waals surface area contributed by atoms with Crippen molar-refractivity contribution in [3.63, 3.8) is 0 Å². The minimum absolute atomic E-state index is 0.388. The van der Waals surface area contributed by atoms with Crippen LogP contribution >= 0.6 is 0 Å². The van der Waals surface area contributed by atoms with Gasteiger partial charge in [0.15, 0.2) is 0 Å². The number of nitrogens with zero attached hydrogens (tertiary/aromatic N) is 3. The molecule has 0 atom stereocenters. The molecule has 0 spiro atoms. The Bertz CT molecular complexity index is 591. The number of hydrogen-bond donors (Lipinski definition) is 0. The highest BCUT2D eigenvalue weighted by Gasteiger charge is 2.36. The molecule has 0 bridgehead atoms. The highest BCUT2D eigenvalue weighted by molar-refractivity contribution is 7.86. The van der Waals surface area contributed by atoms with Gasteiger partial charge in [0, 0.05) is 44.0 Å². The van der Waals surface area contributed by atoms with Gasteiger partial charge in [0.05, 0.1) is 0 Å². The molecule has 116 valence electrons. The lowest BCUT2D eigenvalue weighted by molar-refractivity contribution is 0.249. The van der Waals surface area contributed by atoms with E-state index in [1.54, 1.807) is 8.61 Å². The van der Waals surface area contributed by atoms with Gasteiger partial charge in [-0.1, -0.05) is 6.92 Å². The minimum Gasteiger partial charge on any atom is -0.261 e. The molecule has 0 saturated carbocycles. The Labute approximate surface area is 127 Å². The summed E-state index contributed by atoms with van der Waals surface area (Å²) in [5, 5.41) is 0. The molecule has 1 aromatic heterocycles. The van der Waals surface area contributed by atoms with Gasteiger partial charge < -0.3 is 0 Å². The van der Waals surface area contributed by atoms with E-state index >= 15 is 0 Å². The second kappa shape index (κ2) is 6.02. The molecule has 2 saturated heterocycles. The van der Waals surface area contributed by atoms with E-state index in [1.807, 2.05) is 12.3 Å². The van der Waals surface area contributed by atoms with Crippen LogP contribution in [0.3, 0.4) is 0 Å². The van der Waals surface area contributed by atoms with Crippen LogP contribution in [-0.2, 0) is 16.6 Å². The monoisotopic (exact) mass is 309 g/mol. The maximum absolute atomic E-state index is 12.3. The van der Waals surface area contributed by atoms with E-state index in [9.17, 15) is 8.42 Å². The summed E-state index contributed by atoms with van der Waals surface area (Å²) in [4.78, 5) is 4.48. The van der Waals surface area contributed by atoms with Crippen molar-refractivity contribution in [2.45, 2.75) is 38.5 Å². The summed E-state index contributed by atoms with van der Waals surface area (Å²) in [5.74, 6) is 0.388. The van der Waals surface area contributed by atoms with E-state index in [0.29, 0.717) is 32.1 Å². The molecular formula is C15H23N3O2S. The van der Waals surface area contributed by atoms with Crippen LogP contribution in [0.25, 0.3) is 0 Å². The van der Waals surface area contributed by atoms with Gasteiger partial charge in [-0.25, -0.2) is 0 Å². The van der Waals surface area contributed by atoms with Crippen LogP contribution in [0.2, 0.25) is 0 Å². The first-order valence-electron chi connectivity index (χ1n) is 7.81. The SMILES string of the molecule is CCc1ccnc(C2CCN(S(=O)(=O)N3CCC3)CC2)c1. The van der Waals surface area contributed by atoms with Crippen LogP contribution in [0.4, 0.5) is 0 Å². The lowest BCUT2D eigenvalue weighted by Gasteiger charge is -2.38. The predicted molar refractivity (Wildman–Crippen MR) is 82.3 cm³/mol. The van der Waals surface area contributed by atoms with Crippen LogP contribution < -0.4 is 0 Å². The average Bonchev–Trinajstić information content (AvgIpc) is 2.45. The van der Waals surface area contributed by atoms with E-state index in [0.717, 1.165) is 31.4 Å². The standard InChI is InChI=1S/C15H23N3O2S/c1-2-13-4-7-16-15(12-13)14-5-10-18(11-6-14)21(19,20)17-8-3-9-17/h4,7,12,14H,2-3,5-6,8-11H2,1H3. The molecule has 1 aromatic rings. The highest BCUT2D eigenvalue weighted by atomic mass is 32.2. The molecule has 0 aromatic carbocycles. The minimum atomic E-state index is -3.20. The number of pyridine rings is 1. The van der Waals surface area contributed by atoms with Gasteiger partial charge >= 0.3 is 0 Å². The molecule has 5 nitrogen and oxygen atoms in total. The van der Waals surface area contributed by atoms with Gasteiger partial charge in [0.2, 0.25) is 0 Å². The normalized spacial score (nSPS) is 22.1. The van der Waals surface area contributed by atoms with Crippen LogP contribution in [0.15, 0.2) is 18.3 Å². The Morgan fingerprint density at radius 1 is 1.19 bits per heavy atom. The maximum atomic E-state index is 12.3. The van der Waals surface area contributed by atoms with Crippen LogP contribution in [0.5, 0.6) is 0 Å². The quantitative estimate of drug-likeness (QED) is 0.852. The second-order valence-electron chi connectivity index (χ2n) is 5.88. The summed E-state index contributed by atoms with van der Waals surface area (Å²) >= 11 is 0. The van der Waals surface area contributed by atoms with E-state index in [4.69, 9.17) is 0 Å². The lowest BCUT2D eigenvalue weighted by atomic mass is 9.93. The molecular weight excluding hydrogens is 286 g/mol. The van der Waals surface area contributed by atoms with Crippen molar-refractivity contribution >= 4 is 10.2 Å². The smallest absolute Gasteiger partial charge is 0.261 e. The summed E-state index contributed by atoms with van der Waals surface area (Å²) in [6.07, 6.45) is 5.61. The van der Waals surface area contributed by atoms with Gasteiger partial charge in [-0.05, 0) is 43.4 Å². The number of rotatable bonds is 4.